The van der Waals surface area contributed by atoms with Crippen molar-refractivity contribution in [3.05, 3.63) is 0 Å². The summed E-state index contributed by atoms with van der Waals surface area (Å²) < 4.78 is 9.42. The van der Waals surface area contributed by atoms with Crippen molar-refractivity contribution in [2.24, 2.45) is 5.41 Å². The molecule has 0 N–H and O–H groups in total. The van der Waals surface area contributed by atoms with Gasteiger partial charge in [-0.05, 0) is 31.1 Å². The molecule has 2 rings (SSSR count). The first-order chi connectivity index (χ1) is 5.74. The maximum Gasteiger partial charge on any atom is 0.508 e. The molecule has 0 aliphatic heterocycles. The van der Waals surface area contributed by atoms with Crippen molar-refractivity contribution in [1.29, 1.82) is 0 Å². The summed E-state index contributed by atoms with van der Waals surface area (Å²) in [7, 11) is 1.35. The number of rotatable bonds is 1. The fourth-order valence-electron chi connectivity index (χ4n) is 2.26. The molecule has 12 heavy (non-hydrogen) atoms. The molecule has 3 nitrogen and oxygen atoms in total. The molecule has 3 heteroatoms. The summed E-state index contributed by atoms with van der Waals surface area (Å²) in [6.07, 6.45) is 5.73. The molecule has 0 amide bonds. The molecule has 0 aromatic heterocycles. The van der Waals surface area contributed by atoms with E-state index in [0.717, 1.165) is 12.8 Å². The Morgan fingerprint density at radius 2 is 2.08 bits per heavy atom. The first-order valence-electron chi connectivity index (χ1n) is 4.49. The molecule has 2 aliphatic carbocycles. The van der Waals surface area contributed by atoms with E-state index in [4.69, 9.17) is 4.74 Å². The second kappa shape index (κ2) is 2.64. The first-order valence-corrected chi connectivity index (χ1v) is 4.49. The van der Waals surface area contributed by atoms with Gasteiger partial charge in [0.2, 0.25) is 0 Å². The normalized spacial score (nSPS) is 25.8. The van der Waals surface area contributed by atoms with Gasteiger partial charge in [-0.1, -0.05) is 6.42 Å². The molecule has 0 radical (unpaired) electrons. The zero-order valence-electron chi connectivity index (χ0n) is 7.34. The van der Waals surface area contributed by atoms with E-state index in [2.05, 4.69) is 4.74 Å². The lowest BCUT2D eigenvalue weighted by molar-refractivity contribution is -0.0989. The van der Waals surface area contributed by atoms with E-state index >= 15 is 0 Å². The zero-order chi connectivity index (χ0) is 8.60. The van der Waals surface area contributed by atoms with Gasteiger partial charge in [-0.3, -0.25) is 0 Å². The third-order valence-electron chi connectivity index (χ3n) is 3.17. The van der Waals surface area contributed by atoms with Crippen molar-refractivity contribution in [3.8, 4) is 0 Å². The number of carbonyl (C=O) groups is 1. The largest absolute Gasteiger partial charge is 0.508 e. The van der Waals surface area contributed by atoms with Gasteiger partial charge < -0.3 is 9.47 Å². The maximum absolute atomic E-state index is 10.7. The lowest BCUT2D eigenvalue weighted by atomic mass is 9.55. The van der Waals surface area contributed by atoms with Gasteiger partial charge in [-0.25, -0.2) is 4.79 Å². The summed E-state index contributed by atoms with van der Waals surface area (Å²) in [4.78, 5) is 10.7. The zero-order valence-corrected chi connectivity index (χ0v) is 7.34. The molecule has 0 saturated heterocycles. The van der Waals surface area contributed by atoms with Crippen LogP contribution in [0.25, 0.3) is 0 Å². The summed E-state index contributed by atoms with van der Waals surface area (Å²) in [5.74, 6) is 0. The molecule has 0 atom stereocenters. The van der Waals surface area contributed by atoms with Crippen LogP contribution in [0, 0.1) is 5.41 Å². The van der Waals surface area contributed by atoms with Crippen LogP contribution in [-0.4, -0.2) is 19.4 Å². The highest BCUT2D eigenvalue weighted by Crippen LogP contribution is 2.56. The summed E-state index contributed by atoms with van der Waals surface area (Å²) in [5.41, 5.74) is 0.568. The minimum atomic E-state index is -0.533. The van der Waals surface area contributed by atoms with Crippen LogP contribution in [0.3, 0.4) is 0 Å². The summed E-state index contributed by atoms with van der Waals surface area (Å²) in [6.45, 7) is 0. The van der Waals surface area contributed by atoms with Crippen LogP contribution in [0.5, 0.6) is 0 Å². The molecule has 0 unspecified atom stereocenters. The summed E-state index contributed by atoms with van der Waals surface area (Å²) >= 11 is 0. The van der Waals surface area contributed by atoms with Crippen LogP contribution in [-0.2, 0) is 9.47 Å². The highest BCUT2D eigenvalue weighted by atomic mass is 16.7. The average Bonchev–Trinajstić information content (AvgIpc) is 1.91. The van der Waals surface area contributed by atoms with E-state index in [1.165, 1.54) is 26.4 Å². The Balaban J connectivity index is 1.71. The summed E-state index contributed by atoms with van der Waals surface area (Å²) in [5, 5.41) is 0. The van der Waals surface area contributed by atoms with Crippen molar-refractivity contribution in [2.75, 3.05) is 7.11 Å². The van der Waals surface area contributed by atoms with Crippen LogP contribution < -0.4 is 0 Å². The third-order valence-corrected chi connectivity index (χ3v) is 3.17. The Hall–Kier alpha value is -0.730. The average molecular weight is 170 g/mol. The second-order valence-corrected chi connectivity index (χ2v) is 3.96. The molecular weight excluding hydrogens is 156 g/mol. The lowest BCUT2D eigenvalue weighted by Crippen LogP contribution is -2.47. The van der Waals surface area contributed by atoms with Gasteiger partial charge in [-0.15, -0.1) is 0 Å². The van der Waals surface area contributed by atoms with Crippen molar-refractivity contribution in [3.63, 3.8) is 0 Å². The van der Waals surface area contributed by atoms with E-state index < -0.39 is 6.16 Å². The van der Waals surface area contributed by atoms with Gasteiger partial charge in [0.1, 0.15) is 6.10 Å². The van der Waals surface area contributed by atoms with E-state index in [-0.39, 0.29) is 6.10 Å². The van der Waals surface area contributed by atoms with Gasteiger partial charge in [0.05, 0.1) is 7.11 Å². The molecule has 2 fully saturated rings. The number of hydrogen-bond acceptors (Lipinski definition) is 3. The third kappa shape index (κ3) is 1.17. The highest BCUT2D eigenvalue weighted by Gasteiger charge is 2.49. The molecule has 1 spiro atoms. The fraction of sp³-hybridized carbons (Fsp3) is 0.889. The van der Waals surface area contributed by atoms with Crippen LogP contribution in [0.4, 0.5) is 4.79 Å². The monoisotopic (exact) mass is 170 g/mol. The van der Waals surface area contributed by atoms with Crippen LogP contribution >= 0.6 is 0 Å². The maximum atomic E-state index is 10.7. The lowest BCUT2D eigenvalue weighted by Gasteiger charge is -2.53. The minimum Gasteiger partial charge on any atom is -0.438 e. The standard InChI is InChI=1S/C9H14O3/c1-11-8(10)12-7-5-9(6-7)3-2-4-9/h7H,2-6H2,1H3. The van der Waals surface area contributed by atoms with Gasteiger partial charge in [0.25, 0.3) is 0 Å². The summed E-state index contributed by atoms with van der Waals surface area (Å²) in [6, 6.07) is 0. The minimum absolute atomic E-state index is 0.137. The number of hydrogen-bond donors (Lipinski definition) is 0. The number of methoxy groups -OCH3 is 1. The predicted octanol–water partition coefficient (Wildman–Crippen LogP) is 2.10. The molecule has 68 valence electrons. The molecule has 0 aromatic carbocycles. The molecular formula is C9H14O3. The smallest absolute Gasteiger partial charge is 0.438 e. The Kier molecular flexibility index (Phi) is 1.74. The number of carbonyl (C=O) groups excluding carboxylic acids is 1. The SMILES string of the molecule is COC(=O)OC1CC2(CCC2)C1. The van der Waals surface area contributed by atoms with E-state index in [9.17, 15) is 4.79 Å². The van der Waals surface area contributed by atoms with Crippen LogP contribution in [0.2, 0.25) is 0 Å². The molecule has 0 bridgehead atoms. The Bertz CT molecular complexity index is 188. The van der Waals surface area contributed by atoms with Crippen molar-refractivity contribution in [1.82, 2.24) is 0 Å². The Morgan fingerprint density at radius 3 is 2.50 bits per heavy atom. The van der Waals surface area contributed by atoms with Gasteiger partial charge >= 0.3 is 6.16 Å². The van der Waals surface area contributed by atoms with Crippen LogP contribution in [0.15, 0.2) is 0 Å². The van der Waals surface area contributed by atoms with Crippen molar-refractivity contribution < 1.29 is 14.3 Å². The topological polar surface area (TPSA) is 35.5 Å². The highest BCUT2D eigenvalue weighted by molar-refractivity contribution is 5.60. The first kappa shape index (κ1) is 7.90. The molecule has 0 heterocycles. The van der Waals surface area contributed by atoms with E-state index in [0.29, 0.717) is 5.41 Å². The van der Waals surface area contributed by atoms with Gasteiger partial charge in [0.15, 0.2) is 0 Å². The van der Waals surface area contributed by atoms with Crippen molar-refractivity contribution >= 4 is 6.16 Å². The van der Waals surface area contributed by atoms with Gasteiger partial charge in [-0.2, -0.15) is 0 Å². The van der Waals surface area contributed by atoms with Crippen LogP contribution in [0.1, 0.15) is 32.1 Å². The quantitative estimate of drug-likeness (QED) is 0.565. The Labute approximate surface area is 72.0 Å². The van der Waals surface area contributed by atoms with E-state index in [1.807, 2.05) is 0 Å². The van der Waals surface area contributed by atoms with Gasteiger partial charge in [0, 0.05) is 0 Å². The Morgan fingerprint density at radius 1 is 1.42 bits per heavy atom. The number of ether oxygens (including phenoxy) is 2. The predicted molar refractivity (Wildman–Crippen MR) is 42.8 cm³/mol. The second-order valence-electron chi connectivity index (χ2n) is 3.96. The van der Waals surface area contributed by atoms with Crippen molar-refractivity contribution in [2.45, 2.75) is 38.2 Å². The van der Waals surface area contributed by atoms with E-state index in [1.54, 1.807) is 0 Å². The molecule has 0 aromatic rings. The molecule has 2 aliphatic rings. The fourth-order valence-corrected chi connectivity index (χ4v) is 2.26. The molecule has 2 saturated carbocycles.